The van der Waals surface area contributed by atoms with Gasteiger partial charge >= 0.3 is 0 Å². The number of carbonyl (C=O) groups excluding carboxylic acids is 1. The maximum Gasteiger partial charge on any atom is 0.270 e. The van der Waals surface area contributed by atoms with Crippen molar-refractivity contribution in [2.24, 2.45) is 7.05 Å². The van der Waals surface area contributed by atoms with Crippen molar-refractivity contribution in [2.45, 2.75) is 13.3 Å². The molecule has 5 nitrogen and oxygen atoms in total. The smallest absolute Gasteiger partial charge is 0.270 e. The van der Waals surface area contributed by atoms with Crippen molar-refractivity contribution in [3.63, 3.8) is 0 Å². The lowest BCUT2D eigenvalue weighted by molar-refractivity contribution is -0.384. The molecule has 0 saturated carbocycles. The third-order valence-corrected chi connectivity index (χ3v) is 4.74. The molecule has 0 unspecified atom stereocenters. The van der Waals surface area contributed by atoms with Crippen LogP contribution >= 0.6 is 11.6 Å². The molecule has 0 radical (unpaired) electrons. The van der Waals surface area contributed by atoms with Crippen LogP contribution in [0.2, 0.25) is 5.02 Å². The molecule has 0 N–H and O–H groups in total. The summed E-state index contributed by atoms with van der Waals surface area (Å²) in [5.74, 6) is -0.0476. The topological polar surface area (TPSA) is 65.1 Å². The van der Waals surface area contributed by atoms with Crippen molar-refractivity contribution >= 4 is 23.1 Å². The number of hydrogen-bond acceptors (Lipinski definition) is 3. The predicted octanol–water partition coefficient (Wildman–Crippen LogP) is 4.72. The van der Waals surface area contributed by atoms with Crippen LogP contribution in [0.3, 0.4) is 0 Å². The summed E-state index contributed by atoms with van der Waals surface area (Å²) in [6.07, 6.45) is 0.481. The lowest BCUT2D eigenvalue weighted by atomic mass is 10.1. The van der Waals surface area contributed by atoms with Crippen molar-refractivity contribution in [3.8, 4) is 0 Å². The summed E-state index contributed by atoms with van der Waals surface area (Å²) in [6, 6.07) is 15.5. The lowest BCUT2D eigenvalue weighted by Gasteiger charge is -2.09. The molecule has 3 aromatic rings. The molecule has 0 spiro atoms. The van der Waals surface area contributed by atoms with Gasteiger partial charge in [-0.3, -0.25) is 14.9 Å². The number of aromatic nitrogens is 1. The number of aryl methyl sites for hydroxylation is 1. The van der Waals surface area contributed by atoms with Gasteiger partial charge in [0.15, 0.2) is 0 Å². The van der Waals surface area contributed by atoms with Crippen LogP contribution in [0, 0.1) is 17.0 Å². The van der Waals surface area contributed by atoms with E-state index >= 15 is 0 Å². The Hall–Kier alpha value is -2.92. The first kappa shape index (κ1) is 17.9. The number of nitro benzene ring substituents is 1. The number of ketones is 1. The van der Waals surface area contributed by atoms with Crippen molar-refractivity contribution < 1.29 is 9.72 Å². The van der Waals surface area contributed by atoms with Gasteiger partial charge in [0.25, 0.3) is 5.69 Å². The fourth-order valence-corrected chi connectivity index (χ4v) is 3.04. The van der Waals surface area contributed by atoms with Crippen LogP contribution < -0.4 is 0 Å². The molecule has 3 rings (SSSR count). The summed E-state index contributed by atoms with van der Waals surface area (Å²) in [4.78, 5) is 23.0. The van der Waals surface area contributed by atoms with E-state index in [0.29, 0.717) is 22.7 Å². The number of carbonyl (C=O) groups is 1. The van der Waals surface area contributed by atoms with E-state index in [9.17, 15) is 14.9 Å². The van der Waals surface area contributed by atoms with E-state index < -0.39 is 4.92 Å². The second-order valence-electron chi connectivity index (χ2n) is 6.17. The summed E-state index contributed by atoms with van der Waals surface area (Å²) in [5, 5.41) is 11.2. The summed E-state index contributed by atoms with van der Waals surface area (Å²) < 4.78 is 1.83. The van der Waals surface area contributed by atoms with Gasteiger partial charge in [0.05, 0.1) is 15.6 Å². The molecule has 0 aliphatic carbocycles. The van der Waals surface area contributed by atoms with E-state index in [1.54, 1.807) is 12.1 Å². The van der Waals surface area contributed by atoms with Crippen molar-refractivity contribution in [2.75, 3.05) is 0 Å². The van der Waals surface area contributed by atoms with Gasteiger partial charge in [-0.1, -0.05) is 47.5 Å². The highest BCUT2D eigenvalue weighted by molar-refractivity contribution is 6.31. The molecular weight excluding hydrogens is 352 g/mol. The summed E-state index contributed by atoms with van der Waals surface area (Å²) in [6.45, 7) is 1.98. The molecule has 0 saturated heterocycles. The van der Waals surface area contributed by atoms with Crippen LogP contribution in [0.1, 0.15) is 32.9 Å². The first-order valence-corrected chi connectivity index (χ1v) is 8.43. The Bertz CT molecular complexity index is 991. The molecule has 0 aliphatic heterocycles. The largest absolute Gasteiger partial charge is 0.345 e. The monoisotopic (exact) mass is 368 g/mol. The highest BCUT2D eigenvalue weighted by Gasteiger charge is 2.16. The van der Waals surface area contributed by atoms with E-state index in [-0.39, 0.29) is 11.5 Å². The molecule has 1 aromatic heterocycles. The van der Waals surface area contributed by atoms with E-state index in [0.717, 1.165) is 16.8 Å². The molecule has 0 bridgehead atoms. The van der Waals surface area contributed by atoms with E-state index in [2.05, 4.69) is 0 Å². The van der Waals surface area contributed by atoms with E-state index in [1.807, 2.05) is 48.9 Å². The van der Waals surface area contributed by atoms with Gasteiger partial charge < -0.3 is 4.57 Å². The van der Waals surface area contributed by atoms with Gasteiger partial charge in [-0.15, -0.1) is 0 Å². The van der Waals surface area contributed by atoms with E-state index in [1.165, 1.54) is 12.1 Å². The van der Waals surface area contributed by atoms with Crippen LogP contribution in [0.4, 0.5) is 5.69 Å². The highest BCUT2D eigenvalue weighted by atomic mass is 35.5. The summed E-state index contributed by atoms with van der Waals surface area (Å²) in [5.41, 5.74) is 3.95. The zero-order valence-electron chi connectivity index (χ0n) is 14.4. The third kappa shape index (κ3) is 3.53. The normalized spacial score (nSPS) is 10.7. The van der Waals surface area contributed by atoms with Crippen LogP contribution in [0.5, 0.6) is 0 Å². The molecule has 6 heteroatoms. The van der Waals surface area contributed by atoms with Gasteiger partial charge in [-0.05, 0) is 24.6 Å². The number of rotatable bonds is 5. The Balaban J connectivity index is 1.86. The van der Waals surface area contributed by atoms with Crippen molar-refractivity contribution in [3.05, 3.63) is 97.8 Å². The number of nitro groups is 1. The van der Waals surface area contributed by atoms with E-state index in [4.69, 9.17) is 11.6 Å². The molecule has 0 amide bonds. The maximum atomic E-state index is 12.7. The first-order valence-electron chi connectivity index (χ1n) is 8.05. The maximum absolute atomic E-state index is 12.7. The van der Waals surface area contributed by atoms with Crippen LogP contribution in [0.15, 0.2) is 54.6 Å². The predicted molar refractivity (Wildman–Crippen MR) is 101 cm³/mol. The molecule has 2 aromatic carbocycles. The number of halogens is 1. The highest BCUT2D eigenvalue weighted by Crippen LogP contribution is 2.25. The molecule has 1 heterocycles. The van der Waals surface area contributed by atoms with Crippen LogP contribution in [0.25, 0.3) is 0 Å². The second-order valence-corrected chi connectivity index (χ2v) is 6.58. The SMILES string of the molecule is Cc1ccc(C(=O)c2ccc(Cc3ccc([N+](=O)[O-])cc3Cl)n2C)cc1. The lowest BCUT2D eigenvalue weighted by Crippen LogP contribution is -2.09. The average molecular weight is 369 g/mol. The average Bonchev–Trinajstić information content (AvgIpc) is 2.97. The zero-order valence-corrected chi connectivity index (χ0v) is 15.2. The minimum atomic E-state index is -0.476. The molecule has 0 atom stereocenters. The Morgan fingerprint density at radius 1 is 1.12 bits per heavy atom. The molecule has 26 heavy (non-hydrogen) atoms. The Morgan fingerprint density at radius 3 is 2.42 bits per heavy atom. The second kappa shape index (κ2) is 7.14. The Morgan fingerprint density at radius 2 is 1.81 bits per heavy atom. The van der Waals surface area contributed by atoms with Crippen molar-refractivity contribution in [1.82, 2.24) is 4.57 Å². The fraction of sp³-hybridized carbons (Fsp3) is 0.150. The van der Waals surface area contributed by atoms with Gasteiger partial charge in [0.1, 0.15) is 0 Å². The van der Waals surface area contributed by atoms with Crippen LogP contribution in [-0.4, -0.2) is 15.3 Å². The zero-order chi connectivity index (χ0) is 18.8. The number of hydrogen-bond donors (Lipinski definition) is 0. The summed E-state index contributed by atoms with van der Waals surface area (Å²) >= 11 is 6.18. The summed E-state index contributed by atoms with van der Waals surface area (Å²) in [7, 11) is 1.83. The molecular formula is C20H17ClN2O3. The standard InChI is InChI=1S/C20H17ClN2O3/c1-13-3-5-14(6-4-13)20(24)19-10-9-16(22(19)2)11-15-7-8-17(23(25)26)12-18(15)21/h3-10,12H,11H2,1-2H3. The van der Waals surface area contributed by atoms with Crippen LogP contribution in [-0.2, 0) is 13.5 Å². The third-order valence-electron chi connectivity index (χ3n) is 4.39. The van der Waals surface area contributed by atoms with Gasteiger partial charge in [-0.2, -0.15) is 0 Å². The molecule has 0 fully saturated rings. The van der Waals surface area contributed by atoms with Gasteiger partial charge in [0, 0.05) is 36.9 Å². The molecule has 0 aliphatic rings. The number of non-ortho nitro benzene ring substituents is 1. The minimum Gasteiger partial charge on any atom is -0.345 e. The van der Waals surface area contributed by atoms with Crippen molar-refractivity contribution in [1.29, 1.82) is 0 Å². The number of nitrogens with zero attached hydrogens (tertiary/aromatic N) is 2. The van der Waals surface area contributed by atoms with Gasteiger partial charge in [0.2, 0.25) is 5.78 Å². The fourth-order valence-electron chi connectivity index (χ4n) is 2.80. The minimum absolute atomic E-state index is 0.0409. The quantitative estimate of drug-likeness (QED) is 0.372. The molecule has 132 valence electrons. The van der Waals surface area contributed by atoms with Gasteiger partial charge in [-0.25, -0.2) is 0 Å². The first-order chi connectivity index (χ1) is 12.4. The Labute approximate surface area is 156 Å². The number of benzene rings is 2. The Kier molecular flexibility index (Phi) is 4.91.